The van der Waals surface area contributed by atoms with E-state index in [1.807, 2.05) is 0 Å². The van der Waals surface area contributed by atoms with Crippen molar-refractivity contribution in [1.29, 1.82) is 0 Å². The maximum Gasteiger partial charge on any atom is 0.295 e. The van der Waals surface area contributed by atoms with E-state index < -0.39 is 79.2 Å². The molecule has 0 bridgehead atoms. The largest absolute Gasteiger partial charge is 0.295 e. The van der Waals surface area contributed by atoms with Crippen molar-refractivity contribution in [2.24, 2.45) is 0 Å². The molecular formula is C9H19O12PS6. The standard InChI is InChI=1S/C9H19O12PS6/c1-23(10,11)7(24(2,12)13)22(8(25(3,14)15)26(4,16)17)9(27(5,18)19)28(6,20)21/h7H,1-6H3. The molecule has 0 amide bonds. The first-order valence-electron chi connectivity index (χ1n) is 6.44. The molecule has 0 spiro atoms. The summed E-state index contributed by atoms with van der Waals surface area (Å²) < 4.78 is 139. The Hall–Kier alpha value is -0.130. The molecule has 0 aromatic carbocycles. The third kappa shape index (κ3) is 6.98. The first-order valence-corrected chi connectivity index (χ1v) is 19.3. The van der Waals surface area contributed by atoms with Gasteiger partial charge in [0, 0.05) is 45.1 Å². The van der Waals surface area contributed by atoms with Crippen molar-refractivity contribution in [3.63, 3.8) is 0 Å². The van der Waals surface area contributed by atoms with Crippen molar-refractivity contribution in [3.05, 3.63) is 4.32 Å². The summed E-state index contributed by atoms with van der Waals surface area (Å²) in [5, 5.41) is 0. The van der Waals surface area contributed by atoms with E-state index in [0.717, 1.165) is 0 Å². The van der Waals surface area contributed by atoms with Gasteiger partial charge in [-0.05, 0) is 0 Å². The van der Waals surface area contributed by atoms with Crippen LogP contribution < -0.4 is 0 Å². The van der Waals surface area contributed by atoms with Gasteiger partial charge < -0.3 is 0 Å². The molecule has 0 heterocycles. The fourth-order valence-corrected chi connectivity index (χ4v) is 24.3. The van der Waals surface area contributed by atoms with E-state index in [1.165, 1.54) is 0 Å². The van der Waals surface area contributed by atoms with Gasteiger partial charge in [0.1, 0.15) is 4.32 Å². The normalized spacial score (nSPS) is 15.6. The van der Waals surface area contributed by atoms with Crippen LogP contribution in [0.4, 0.5) is 0 Å². The second-order valence-electron chi connectivity index (χ2n) is 5.96. The highest BCUT2D eigenvalue weighted by Crippen LogP contribution is 2.53. The Morgan fingerprint density at radius 1 is 0.571 bits per heavy atom. The van der Waals surface area contributed by atoms with Crippen LogP contribution in [0.1, 0.15) is 0 Å². The van der Waals surface area contributed by atoms with Crippen molar-refractivity contribution in [2.45, 2.75) is 4.32 Å². The van der Waals surface area contributed by atoms with Crippen LogP contribution in [0.2, 0.25) is 0 Å². The number of sulfone groups is 6. The monoisotopic (exact) mass is 542 g/mol. The van der Waals surface area contributed by atoms with Crippen molar-refractivity contribution in [2.75, 3.05) is 37.5 Å². The average molecular weight is 543 g/mol. The molecule has 1 atom stereocenters. The molecule has 168 valence electrons. The van der Waals surface area contributed by atoms with Gasteiger partial charge >= 0.3 is 0 Å². The lowest BCUT2D eigenvalue weighted by molar-refractivity contribution is 0.591. The Morgan fingerprint density at radius 2 is 0.821 bits per heavy atom. The van der Waals surface area contributed by atoms with Crippen molar-refractivity contribution >= 4 is 70.5 Å². The van der Waals surface area contributed by atoms with Gasteiger partial charge in [-0.1, -0.05) is 0 Å². The lowest BCUT2D eigenvalue weighted by atomic mass is 11.8. The van der Waals surface area contributed by atoms with Crippen LogP contribution in [0.25, 0.3) is 0 Å². The Bertz CT molecular complexity index is 1160. The summed E-state index contributed by atoms with van der Waals surface area (Å²) in [6.45, 7) is 0. The lowest BCUT2D eigenvalue weighted by Gasteiger charge is -2.25. The Kier molecular flexibility index (Phi) is 7.81. The van der Waals surface area contributed by atoms with E-state index in [2.05, 4.69) is 0 Å². The van der Waals surface area contributed by atoms with Crippen LogP contribution in [0, 0.1) is 4.32 Å². The third-order valence-corrected chi connectivity index (χ3v) is 23.4. The van der Waals surface area contributed by atoms with E-state index in [0.29, 0.717) is 12.5 Å². The minimum atomic E-state index is -4.97. The molecule has 0 N–H and O–H groups in total. The number of hydrogen-bond donors (Lipinski definition) is 0. The molecule has 0 aromatic rings. The average Bonchev–Trinajstić information content (AvgIpc) is 2.13. The quantitative estimate of drug-likeness (QED) is 0.232. The summed E-state index contributed by atoms with van der Waals surface area (Å²) in [6, 6.07) is 0. The van der Waals surface area contributed by atoms with Gasteiger partial charge in [-0.25, -0.2) is 33.7 Å². The predicted octanol–water partition coefficient (Wildman–Crippen LogP) is -2.45. The fraction of sp³-hybridized carbons (Fsp3) is 0.778. The molecule has 28 heavy (non-hydrogen) atoms. The molecule has 0 saturated heterocycles. The summed E-state index contributed by atoms with van der Waals surface area (Å²) in [6.07, 6.45) is 1.65. The summed E-state index contributed by atoms with van der Waals surface area (Å²) in [4.78, 5) is 0. The highest BCUT2D eigenvalue weighted by molar-refractivity contribution is 8.42. The molecule has 19 heteroatoms. The van der Waals surface area contributed by atoms with E-state index in [9.17, 15) is 50.5 Å². The zero-order valence-corrected chi connectivity index (χ0v) is 21.2. The van der Waals surface area contributed by atoms with Crippen LogP contribution in [0.3, 0.4) is 0 Å². The molecule has 0 fully saturated rings. The van der Waals surface area contributed by atoms with Crippen LogP contribution in [-0.4, -0.2) is 96.3 Å². The van der Waals surface area contributed by atoms with Crippen LogP contribution in [0.15, 0.2) is 0 Å². The third-order valence-electron chi connectivity index (χ3n) is 2.61. The molecule has 12 nitrogen and oxygen atoms in total. The first-order chi connectivity index (χ1) is 11.7. The van der Waals surface area contributed by atoms with Gasteiger partial charge in [-0.15, -0.1) is 0 Å². The zero-order valence-electron chi connectivity index (χ0n) is 15.4. The van der Waals surface area contributed by atoms with E-state index >= 15 is 0 Å². The molecule has 1 unspecified atom stereocenters. The molecule has 0 aromatic heterocycles. The van der Waals surface area contributed by atoms with Crippen molar-refractivity contribution in [3.8, 4) is 0 Å². The Labute approximate surface area is 166 Å². The maximum absolute atomic E-state index is 12.2. The molecule has 0 rings (SSSR count). The van der Waals surface area contributed by atoms with E-state index in [4.69, 9.17) is 0 Å². The summed E-state index contributed by atoms with van der Waals surface area (Å²) >= 11 is 0. The molecule has 0 aliphatic rings. The number of rotatable bonds is 8. The topological polar surface area (TPSA) is 205 Å². The smallest absolute Gasteiger partial charge is 0.258 e. The SMILES string of the molecule is CS(=O)(=O)C(=[P+]([C-](S(C)(=O)=O)S(C)(=O)=O)C(S(C)(=O)=O)S(C)(=O)=O)S(C)(=O)=O. The Balaban J connectivity index is 8.54. The first kappa shape index (κ1) is 27.9. The van der Waals surface area contributed by atoms with Gasteiger partial charge in [0.2, 0.25) is 39.3 Å². The fourth-order valence-electron chi connectivity index (χ4n) is 2.21. The maximum atomic E-state index is 12.2. The van der Waals surface area contributed by atoms with Crippen molar-refractivity contribution in [1.82, 2.24) is 0 Å². The highest BCUT2D eigenvalue weighted by atomic mass is 32.3. The Morgan fingerprint density at radius 3 is 0.964 bits per heavy atom. The minimum Gasteiger partial charge on any atom is -0.258 e. The predicted molar refractivity (Wildman–Crippen MR) is 108 cm³/mol. The molecule has 0 radical (unpaired) electrons. The van der Waals surface area contributed by atoms with Crippen LogP contribution >= 0.6 is 7.55 Å². The van der Waals surface area contributed by atoms with Crippen LogP contribution in [-0.2, 0) is 59.0 Å². The molecular weight excluding hydrogens is 523 g/mol. The summed E-state index contributed by atoms with van der Waals surface area (Å²) in [5.41, 5.74) is 0. The van der Waals surface area contributed by atoms with Gasteiger partial charge in [0.15, 0.2) is 0 Å². The second kappa shape index (κ2) is 7.85. The molecule has 0 saturated carbocycles. The number of hydrogen-bond acceptors (Lipinski definition) is 12. The van der Waals surface area contributed by atoms with Gasteiger partial charge in [-0.3, -0.25) is 16.8 Å². The van der Waals surface area contributed by atoms with Gasteiger partial charge in [0.25, 0.3) is 8.28 Å². The second-order valence-corrected chi connectivity index (χ2v) is 22.9. The lowest BCUT2D eigenvalue weighted by Crippen LogP contribution is -2.35. The summed E-state index contributed by atoms with van der Waals surface area (Å²) in [7, 11) is -33.7. The molecule has 0 aliphatic heterocycles. The van der Waals surface area contributed by atoms with Gasteiger partial charge in [0.05, 0.1) is 19.7 Å². The van der Waals surface area contributed by atoms with E-state index in [1.54, 1.807) is 0 Å². The highest BCUT2D eigenvalue weighted by Gasteiger charge is 2.53. The minimum absolute atomic E-state index is 0.266. The zero-order chi connectivity index (χ0) is 23.3. The summed E-state index contributed by atoms with van der Waals surface area (Å²) in [5.74, 6) is 0. The van der Waals surface area contributed by atoms with Crippen LogP contribution in [0.5, 0.6) is 0 Å². The van der Waals surface area contributed by atoms with Gasteiger partial charge in [-0.2, -0.15) is 0 Å². The van der Waals surface area contributed by atoms with Crippen molar-refractivity contribution < 1.29 is 50.5 Å². The molecule has 0 aliphatic carbocycles. The van der Waals surface area contributed by atoms with E-state index in [-0.39, 0.29) is 25.0 Å².